The van der Waals surface area contributed by atoms with Gasteiger partial charge in [0.25, 0.3) is 0 Å². The molecule has 4 nitrogen and oxygen atoms in total. The van der Waals surface area contributed by atoms with E-state index in [0.717, 1.165) is 16.1 Å². The Morgan fingerprint density at radius 3 is 2.74 bits per heavy atom. The van der Waals surface area contributed by atoms with E-state index in [4.69, 9.17) is 18.0 Å². The third kappa shape index (κ3) is 3.08. The smallest absolute Gasteiger partial charge is 0.137 e. The van der Waals surface area contributed by atoms with Gasteiger partial charge in [0.1, 0.15) is 15.8 Å². The van der Waals surface area contributed by atoms with E-state index in [-0.39, 0.29) is 6.04 Å². The zero-order valence-electron chi connectivity index (χ0n) is 11.1. The molecular weight excluding hydrogens is 276 g/mol. The Hall–Kier alpha value is -1.53. The Balaban J connectivity index is 2.28. The first-order chi connectivity index (χ1) is 8.99. The van der Waals surface area contributed by atoms with Crippen LogP contribution in [0.5, 0.6) is 0 Å². The lowest BCUT2D eigenvalue weighted by Gasteiger charge is -2.16. The molecule has 1 unspecified atom stereocenters. The van der Waals surface area contributed by atoms with Gasteiger partial charge in [0.2, 0.25) is 0 Å². The van der Waals surface area contributed by atoms with Gasteiger partial charge in [0, 0.05) is 17.3 Å². The van der Waals surface area contributed by atoms with Crippen molar-refractivity contribution in [3.8, 4) is 0 Å². The van der Waals surface area contributed by atoms with Crippen molar-refractivity contribution in [3.63, 3.8) is 0 Å². The van der Waals surface area contributed by atoms with Crippen LogP contribution < -0.4 is 11.1 Å². The fourth-order valence-corrected chi connectivity index (χ4v) is 2.85. The van der Waals surface area contributed by atoms with Crippen molar-refractivity contribution in [1.82, 2.24) is 9.97 Å². The Labute approximate surface area is 122 Å². The molecule has 0 fully saturated rings. The highest BCUT2D eigenvalue weighted by Gasteiger charge is 2.15. The molecule has 1 atom stereocenters. The highest BCUT2D eigenvalue weighted by molar-refractivity contribution is 7.80. The fraction of sp³-hybridized carbons (Fsp3) is 0.308. The summed E-state index contributed by atoms with van der Waals surface area (Å²) in [4.78, 5) is 10.3. The molecule has 6 heteroatoms. The summed E-state index contributed by atoms with van der Waals surface area (Å²) in [6, 6.07) is 1.97. The number of aromatic nitrogens is 2. The Kier molecular flexibility index (Phi) is 4.11. The summed E-state index contributed by atoms with van der Waals surface area (Å²) in [6.07, 6.45) is 3.62. The number of nitrogens with one attached hydrogen (secondary N) is 1. The minimum absolute atomic E-state index is 0.0705. The standard InChI is InChI=1S/C13H16N4S2/c1-7-4-5-15-12(10(7)11(14)18)17-9(3)13-16-6-8(2)19-13/h4-6,9H,1-3H3,(H2,14,18)(H,15,17). The highest BCUT2D eigenvalue weighted by atomic mass is 32.1. The Morgan fingerprint density at radius 2 is 2.16 bits per heavy atom. The number of nitrogens with zero attached hydrogens (tertiary/aromatic N) is 2. The molecule has 19 heavy (non-hydrogen) atoms. The van der Waals surface area contributed by atoms with Crippen LogP contribution in [0, 0.1) is 13.8 Å². The molecule has 2 rings (SSSR count). The van der Waals surface area contributed by atoms with Crippen LogP contribution in [0.4, 0.5) is 5.82 Å². The molecule has 0 saturated carbocycles. The van der Waals surface area contributed by atoms with Crippen LogP contribution in [0.1, 0.15) is 34.0 Å². The zero-order valence-corrected chi connectivity index (χ0v) is 12.7. The number of pyridine rings is 1. The number of nitrogens with two attached hydrogens (primary N) is 1. The molecule has 100 valence electrons. The number of hydrogen-bond donors (Lipinski definition) is 2. The van der Waals surface area contributed by atoms with E-state index in [1.807, 2.05) is 33.0 Å². The van der Waals surface area contributed by atoms with Gasteiger partial charge in [-0.05, 0) is 32.4 Å². The molecule has 0 bridgehead atoms. The second-order valence-electron chi connectivity index (χ2n) is 4.39. The van der Waals surface area contributed by atoms with Gasteiger partial charge in [-0.1, -0.05) is 12.2 Å². The maximum absolute atomic E-state index is 5.77. The maximum Gasteiger partial charge on any atom is 0.137 e. The predicted molar refractivity (Wildman–Crippen MR) is 83.8 cm³/mol. The van der Waals surface area contributed by atoms with Crippen LogP contribution in [0.25, 0.3) is 0 Å². The normalized spacial score (nSPS) is 12.2. The first-order valence-electron chi connectivity index (χ1n) is 5.93. The van der Waals surface area contributed by atoms with E-state index in [1.165, 1.54) is 4.88 Å². The van der Waals surface area contributed by atoms with Crippen molar-refractivity contribution in [2.75, 3.05) is 5.32 Å². The van der Waals surface area contributed by atoms with Crippen molar-refractivity contribution in [2.45, 2.75) is 26.8 Å². The quantitative estimate of drug-likeness (QED) is 0.848. The first kappa shape index (κ1) is 13.9. The SMILES string of the molecule is Cc1cnc(C(C)Nc2nccc(C)c2C(N)=S)s1. The molecular formula is C13H16N4S2. The summed E-state index contributed by atoms with van der Waals surface area (Å²) >= 11 is 6.76. The molecule has 0 aromatic carbocycles. The lowest BCUT2D eigenvalue weighted by molar-refractivity contribution is 0.859. The lowest BCUT2D eigenvalue weighted by Crippen LogP contribution is -2.17. The molecule has 0 aliphatic heterocycles. The Bertz CT molecular complexity index is 606. The number of rotatable bonds is 4. The molecule has 0 saturated heterocycles. The number of thiocarbonyl (C=S) groups is 1. The van der Waals surface area contributed by atoms with E-state index >= 15 is 0 Å². The molecule has 0 spiro atoms. The van der Waals surface area contributed by atoms with E-state index in [9.17, 15) is 0 Å². The van der Waals surface area contributed by atoms with Gasteiger partial charge in [-0.2, -0.15) is 0 Å². The van der Waals surface area contributed by atoms with E-state index < -0.39 is 0 Å². The van der Waals surface area contributed by atoms with Crippen LogP contribution >= 0.6 is 23.6 Å². The van der Waals surface area contributed by atoms with Crippen molar-refractivity contribution in [3.05, 3.63) is 39.5 Å². The lowest BCUT2D eigenvalue weighted by atomic mass is 10.1. The fourth-order valence-electron chi connectivity index (χ4n) is 1.82. The summed E-state index contributed by atoms with van der Waals surface area (Å²) in [5.41, 5.74) is 7.60. The molecule has 2 aromatic heterocycles. The van der Waals surface area contributed by atoms with E-state index in [2.05, 4.69) is 15.3 Å². The summed E-state index contributed by atoms with van der Waals surface area (Å²) in [5.74, 6) is 0.716. The third-order valence-electron chi connectivity index (χ3n) is 2.77. The summed E-state index contributed by atoms with van der Waals surface area (Å²) < 4.78 is 0. The van der Waals surface area contributed by atoms with Crippen molar-refractivity contribution in [2.24, 2.45) is 5.73 Å². The average molecular weight is 292 g/mol. The van der Waals surface area contributed by atoms with E-state index in [1.54, 1.807) is 17.5 Å². The number of hydrogen-bond acceptors (Lipinski definition) is 5. The number of anilines is 1. The summed E-state index contributed by atoms with van der Waals surface area (Å²) in [5, 5.41) is 4.35. The monoisotopic (exact) mass is 292 g/mol. The van der Waals surface area contributed by atoms with Gasteiger partial charge in [-0.25, -0.2) is 9.97 Å². The maximum atomic E-state index is 5.77. The molecule has 3 N–H and O–H groups in total. The second kappa shape index (κ2) is 5.63. The van der Waals surface area contributed by atoms with E-state index in [0.29, 0.717) is 10.8 Å². The largest absolute Gasteiger partial charge is 0.389 e. The van der Waals surface area contributed by atoms with Gasteiger partial charge >= 0.3 is 0 Å². The molecule has 2 heterocycles. The van der Waals surface area contributed by atoms with Crippen LogP contribution in [-0.2, 0) is 0 Å². The third-order valence-corrected chi connectivity index (χ3v) is 4.07. The summed E-state index contributed by atoms with van der Waals surface area (Å²) in [6.45, 7) is 6.06. The molecule has 0 radical (unpaired) electrons. The first-order valence-corrected chi connectivity index (χ1v) is 7.15. The van der Waals surface area contributed by atoms with Crippen LogP contribution in [0.2, 0.25) is 0 Å². The van der Waals surface area contributed by atoms with Crippen LogP contribution in [-0.4, -0.2) is 15.0 Å². The van der Waals surface area contributed by atoms with Gasteiger partial charge in [0.15, 0.2) is 0 Å². The van der Waals surface area contributed by atoms with Crippen molar-refractivity contribution in [1.29, 1.82) is 0 Å². The molecule has 0 aliphatic rings. The zero-order chi connectivity index (χ0) is 14.0. The molecule has 2 aromatic rings. The van der Waals surface area contributed by atoms with Gasteiger partial charge in [0.05, 0.1) is 11.6 Å². The van der Waals surface area contributed by atoms with Crippen molar-refractivity contribution < 1.29 is 0 Å². The number of aryl methyl sites for hydroxylation is 2. The number of thiazole rings is 1. The topological polar surface area (TPSA) is 63.8 Å². The van der Waals surface area contributed by atoms with Gasteiger partial charge in [-0.3, -0.25) is 0 Å². The van der Waals surface area contributed by atoms with Crippen LogP contribution in [0.15, 0.2) is 18.5 Å². The van der Waals surface area contributed by atoms with Gasteiger partial charge < -0.3 is 11.1 Å². The van der Waals surface area contributed by atoms with Gasteiger partial charge in [-0.15, -0.1) is 11.3 Å². The predicted octanol–water partition coefficient (Wildman–Crippen LogP) is 2.96. The highest BCUT2D eigenvalue weighted by Crippen LogP contribution is 2.25. The Morgan fingerprint density at radius 1 is 1.42 bits per heavy atom. The summed E-state index contributed by atoms with van der Waals surface area (Å²) in [7, 11) is 0. The average Bonchev–Trinajstić information content (AvgIpc) is 2.75. The minimum atomic E-state index is 0.0705. The molecule has 0 aliphatic carbocycles. The van der Waals surface area contributed by atoms with Crippen LogP contribution in [0.3, 0.4) is 0 Å². The van der Waals surface area contributed by atoms with Crippen molar-refractivity contribution >= 4 is 34.4 Å². The minimum Gasteiger partial charge on any atom is -0.389 e. The molecule has 0 amide bonds. The second-order valence-corrected chi connectivity index (χ2v) is 6.10.